The molecular formula is C10H20O. The minimum atomic E-state index is -0.350. The minimum absolute atomic E-state index is 0.350. The van der Waals surface area contributed by atoms with Crippen molar-refractivity contribution in [2.24, 2.45) is 11.8 Å². The molecule has 1 fully saturated rings. The Morgan fingerprint density at radius 1 is 1.45 bits per heavy atom. The molecule has 1 aliphatic rings. The van der Waals surface area contributed by atoms with Gasteiger partial charge in [-0.2, -0.15) is 0 Å². The van der Waals surface area contributed by atoms with E-state index < -0.39 is 0 Å². The lowest BCUT2D eigenvalue weighted by Gasteiger charge is -2.38. The van der Waals surface area contributed by atoms with Gasteiger partial charge in [0.05, 0.1) is 5.60 Å². The topological polar surface area (TPSA) is 20.2 Å². The van der Waals surface area contributed by atoms with Gasteiger partial charge < -0.3 is 5.11 Å². The molecule has 0 amide bonds. The first kappa shape index (κ1) is 9.05. The van der Waals surface area contributed by atoms with Crippen LogP contribution in [0.15, 0.2) is 0 Å². The summed E-state index contributed by atoms with van der Waals surface area (Å²) in [5.74, 6) is 1.14. The van der Waals surface area contributed by atoms with E-state index in [-0.39, 0.29) is 5.60 Å². The molecule has 0 spiro atoms. The molecule has 1 N–H and O–H groups in total. The van der Waals surface area contributed by atoms with E-state index in [1.165, 1.54) is 12.8 Å². The van der Waals surface area contributed by atoms with Crippen LogP contribution in [-0.4, -0.2) is 10.7 Å². The SMILES string of the molecule is CC1CCCC(O)(C(C)C)C1. The lowest BCUT2D eigenvalue weighted by atomic mass is 9.73. The van der Waals surface area contributed by atoms with Crippen molar-refractivity contribution in [2.45, 2.75) is 52.1 Å². The number of hydrogen-bond acceptors (Lipinski definition) is 1. The van der Waals surface area contributed by atoms with Crippen molar-refractivity contribution in [3.63, 3.8) is 0 Å². The Balaban J connectivity index is 2.55. The number of rotatable bonds is 1. The molecule has 0 aromatic heterocycles. The maximum Gasteiger partial charge on any atom is 0.0673 e. The second-order valence-electron chi connectivity index (χ2n) is 4.46. The third kappa shape index (κ3) is 1.96. The third-order valence-corrected chi connectivity index (χ3v) is 3.08. The van der Waals surface area contributed by atoms with E-state index in [0.717, 1.165) is 18.8 Å². The van der Waals surface area contributed by atoms with Gasteiger partial charge in [0.25, 0.3) is 0 Å². The summed E-state index contributed by atoms with van der Waals surface area (Å²) >= 11 is 0. The zero-order chi connectivity index (χ0) is 8.48. The van der Waals surface area contributed by atoms with Crippen LogP contribution in [0.1, 0.15) is 46.5 Å². The summed E-state index contributed by atoms with van der Waals surface area (Å²) in [4.78, 5) is 0. The van der Waals surface area contributed by atoms with E-state index in [1.807, 2.05) is 0 Å². The molecule has 2 atom stereocenters. The molecule has 1 heteroatoms. The van der Waals surface area contributed by atoms with E-state index in [1.54, 1.807) is 0 Å². The fourth-order valence-electron chi connectivity index (χ4n) is 2.09. The average molecular weight is 156 g/mol. The maximum atomic E-state index is 10.1. The largest absolute Gasteiger partial charge is 0.390 e. The molecule has 2 unspecified atom stereocenters. The third-order valence-electron chi connectivity index (χ3n) is 3.08. The normalized spacial score (nSPS) is 39.5. The zero-order valence-electron chi connectivity index (χ0n) is 7.93. The van der Waals surface area contributed by atoms with Gasteiger partial charge in [0.15, 0.2) is 0 Å². The van der Waals surface area contributed by atoms with Crippen LogP contribution in [0.5, 0.6) is 0 Å². The molecular weight excluding hydrogens is 136 g/mol. The molecule has 0 saturated heterocycles. The standard InChI is InChI=1S/C10H20O/c1-8(2)10(11)6-4-5-9(3)7-10/h8-9,11H,4-7H2,1-3H3. The fourth-order valence-corrected chi connectivity index (χ4v) is 2.09. The van der Waals surface area contributed by atoms with Crippen LogP contribution in [0, 0.1) is 11.8 Å². The molecule has 1 nitrogen and oxygen atoms in total. The van der Waals surface area contributed by atoms with Gasteiger partial charge in [-0.15, -0.1) is 0 Å². The predicted molar refractivity (Wildman–Crippen MR) is 47.4 cm³/mol. The lowest BCUT2D eigenvalue weighted by molar-refractivity contribution is -0.0512. The first-order valence-electron chi connectivity index (χ1n) is 4.77. The van der Waals surface area contributed by atoms with Gasteiger partial charge >= 0.3 is 0 Å². The summed E-state index contributed by atoms with van der Waals surface area (Å²) in [7, 11) is 0. The van der Waals surface area contributed by atoms with Crippen molar-refractivity contribution < 1.29 is 5.11 Å². The van der Waals surface area contributed by atoms with Crippen molar-refractivity contribution in [1.29, 1.82) is 0 Å². The summed E-state index contributed by atoms with van der Waals surface area (Å²) < 4.78 is 0. The van der Waals surface area contributed by atoms with Gasteiger partial charge in [0, 0.05) is 0 Å². The second-order valence-corrected chi connectivity index (χ2v) is 4.46. The molecule has 11 heavy (non-hydrogen) atoms. The van der Waals surface area contributed by atoms with Crippen LogP contribution < -0.4 is 0 Å². The van der Waals surface area contributed by atoms with Crippen molar-refractivity contribution in [3.05, 3.63) is 0 Å². The lowest BCUT2D eigenvalue weighted by Crippen LogP contribution is -2.39. The van der Waals surface area contributed by atoms with Gasteiger partial charge in [-0.25, -0.2) is 0 Å². The van der Waals surface area contributed by atoms with Crippen molar-refractivity contribution in [3.8, 4) is 0 Å². The van der Waals surface area contributed by atoms with E-state index in [2.05, 4.69) is 20.8 Å². The van der Waals surface area contributed by atoms with Crippen LogP contribution in [0.3, 0.4) is 0 Å². The highest BCUT2D eigenvalue weighted by molar-refractivity contribution is 4.87. The van der Waals surface area contributed by atoms with Gasteiger partial charge in [0.1, 0.15) is 0 Å². The molecule has 0 bridgehead atoms. The summed E-state index contributed by atoms with van der Waals surface area (Å²) in [5, 5.41) is 10.1. The molecule has 66 valence electrons. The van der Waals surface area contributed by atoms with E-state index in [9.17, 15) is 5.11 Å². The van der Waals surface area contributed by atoms with Crippen molar-refractivity contribution in [2.75, 3.05) is 0 Å². The first-order chi connectivity index (χ1) is 5.04. The molecule has 1 aliphatic carbocycles. The quantitative estimate of drug-likeness (QED) is 0.618. The average Bonchev–Trinajstić information content (AvgIpc) is 1.86. The molecule has 1 rings (SSSR count). The van der Waals surface area contributed by atoms with Gasteiger partial charge in [-0.3, -0.25) is 0 Å². The van der Waals surface area contributed by atoms with Crippen LogP contribution >= 0.6 is 0 Å². The monoisotopic (exact) mass is 156 g/mol. The molecule has 0 aromatic rings. The highest BCUT2D eigenvalue weighted by atomic mass is 16.3. The molecule has 0 aromatic carbocycles. The van der Waals surface area contributed by atoms with Crippen LogP contribution in [0.2, 0.25) is 0 Å². The van der Waals surface area contributed by atoms with Gasteiger partial charge in [-0.05, 0) is 24.7 Å². The molecule has 1 saturated carbocycles. The zero-order valence-corrected chi connectivity index (χ0v) is 7.93. The van der Waals surface area contributed by atoms with Crippen molar-refractivity contribution in [1.82, 2.24) is 0 Å². The smallest absolute Gasteiger partial charge is 0.0673 e. The summed E-state index contributed by atoms with van der Waals surface area (Å²) in [6.45, 7) is 6.49. The van der Waals surface area contributed by atoms with Gasteiger partial charge in [-0.1, -0.05) is 33.6 Å². The van der Waals surface area contributed by atoms with Crippen LogP contribution in [0.4, 0.5) is 0 Å². The van der Waals surface area contributed by atoms with Crippen molar-refractivity contribution >= 4 is 0 Å². The maximum absolute atomic E-state index is 10.1. The van der Waals surface area contributed by atoms with E-state index in [4.69, 9.17) is 0 Å². The first-order valence-corrected chi connectivity index (χ1v) is 4.77. The Labute approximate surface area is 69.8 Å². The van der Waals surface area contributed by atoms with Crippen LogP contribution in [0.25, 0.3) is 0 Å². The summed E-state index contributed by atoms with van der Waals surface area (Å²) in [5.41, 5.74) is -0.350. The Morgan fingerprint density at radius 2 is 2.09 bits per heavy atom. The van der Waals surface area contributed by atoms with Gasteiger partial charge in [0.2, 0.25) is 0 Å². The van der Waals surface area contributed by atoms with E-state index >= 15 is 0 Å². The predicted octanol–water partition coefficient (Wildman–Crippen LogP) is 2.58. The molecule has 0 heterocycles. The highest BCUT2D eigenvalue weighted by Crippen LogP contribution is 2.36. The Morgan fingerprint density at radius 3 is 2.45 bits per heavy atom. The summed E-state index contributed by atoms with van der Waals surface area (Å²) in [6.07, 6.45) is 4.52. The Kier molecular flexibility index (Phi) is 2.58. The Hall–Kier alpha value is -0.0400. The minimum Gasteiger partial charge on any atom is -0.390 e. The molecule has 0 aliphatic heterocycles. The fraction of sp³-hybridized carbons (Fsp3) is 1.00. The Bertz CT molecular complexity index is 131. The van der Waals surface area contributed by atoms with Crippen LogP contribution in [-0.2, 0) is 0 Å². The highest BCUT2D eigenvalue weighted by Gasteiger charge is 2.35. The summed E-state index contributed by atoms with van der Waals surface area (Å²) in [6, 6.07) is 0. The van der Waals surface area contributed by atoms with E-state index in [0.29, 0.717) is 5.92 Å². The number of aliphatic hydroxyl groups is 1. The molecule has 0 radical (unpaired) electrons. The second kappa shape index (κ2) is 3.14. The number of hydrogen-bond donors (Lipinski definition) is 1.